The van der Waals surface area contributed by atoms with Gasteiger partial charge in [0.05, 0.1) is 41.3 Å². The Morgan fingerprint density at radius 3 is 2.33 bits per heavy atom. The number of fused-ring (bicyclic) bond motifs is 1. The molecule has 0 aliphatic rings. The Hall–Kier alpha value is -2.67. The highest BCUT2D eigenvalue weighted by Gasteiger charge is 2.24. The summed E-state index contributed by atoms with van der Waals surface area (Å²) in [6.45, 7) is 3.25. The van der Waals surface area contributed by atoms with Crippen LogP contribution in [-0.2, 0) is 10.0 Å². The first-order chi connectivity index (χ1) is 17.0. The van der Waals surface area contributed by atoms with Crippen molar-refractivity contribution in [1.82, 2.24) is 19.2 Å². The van der Waals surface area contributed by atoms with Crippen LogP contribution in [0.4, 0.5) is 0 Å². The van der Waals surface area contributed by atoms with Crippen molar-refractivity contribution in [2.24, 2.45) is 0 Å². The van der Waals surface area contributed by atoms with Gasteiger partial charge in [0.2, 0.25) is 10.0 Å². The first-order valence-corrected chi connectivity index (χ1v) is 13.5. The number of hydrogen-bond donors (Lipinski definition) is 1. The number of sulfonamides is 1. The summed E-state index contributed by atoms with van der Waals surface area (Å²) in [6, 6.07) is 6.15. The molecule has 0 aliphatic carbocycles. The van der Waals surface area contributed by atoms with Gasteiger partial charge in [-0.1, -0.05) is 6.92 Å². The quantitative estimate of drug-likeness (QED) is 0.366. The maximum Gasteiger partial charge on any atom is 0.262 e. The molecule has 0 saturated heterocycles. The van der Waals surface area contributed by atoms with E-state index in [1.807, 2.05) is 25.9 Å². The molecule has 0 amide bonds. The summed E-state index contributed by atoms with van der Waals surface area (Å²) in [5.74, 6) is 1.29. The van der Waals surface area contributed by atoms with Gasteiger partial charge in [-0.05, 0) is 54.6 Å². The zero-order valence-electron chi connectivity index (χ0n) is 21.2. The molecule has 3 rings (SSSR count). The molecule has 1 N–H and O–H groups in total. The van der Waals surface area contributed by atoms with E-state index in [4.69, 9.17) is 14.2 Å². The average molecular weight is 584 g/mol. The first kappa shape index (κ1) is 27.9. The number of aromatic nitrogens is 2. The van der Waals surface area contributed by atoms with Gasteiger partial charge in [0.15, 0.2) is 0 Å². The van der Waals surface area contributed by atoms with Crippen LogP contribution in [0.3, 0.4) is 0 Å². The van der Waals surface area contributed by atoms with Gasteiger partial charge in [0, 0.05) is 26.2 Å². The lowest BCUT2D eigenvalue weighted by molar-refractivity contribution is 0.318. The van der Waals surface area contributed by atoms with Gasteiger partial charge in [-0.3, -0.25) is 4.79 Å². The summed E-state index contributed by atoms with van der Waals surface area (Å²) in [5.41, 5.74) is 0.203. The zero-order valence-corrected chi connectivity index (χ0v) is 23.6. The number of nitrogens with zero attached hydrogens (tertiary/aromatic N) is 3. The molecule has 0 fully saturated rings. The van der Waals surface area contributed by atoms with Crippen LogP contribution >= 0.6 is 15.9 Å². The minimum atomic E-state index is -3.80. The van der Waals surface area contributed by atoms with Crippen LogP contribution < -0.4 is 19.8 Å². The molecule has 0 unspecified atom stereocenters. The fourth-order valence-electron chi connectivity index (χ4n) is 3.50. The molecule has 0 saturated carbocycles. The van der Waals surface area contributed by atoms with Gasteiger partial charge in [0.1, 0.15) is 28.5 Å². The zero-order chi connectivity index (χ0) is 26.6. The minimum absolute atomic E-state index is 0.0626. The van der Waals surface area contributed by atoms with Gasteiger partial charge in [-0.25, -0.2) is 13.4 Å². The number of rotatable bonds is 11. The molecule has 0 atom stereocenters. The van der Waals surface area contributed by atoms with Gasteiger partial charge in [-0.15, -0.1) is 0 Å². The summed E-state index contributed by atoms with van der Waals surface area (Å²) in [6.07, 6.45) is 0.744. The van der Waals surface area contributed by atoms with Gasteiger partial charge in [-0.2, -0.15) is 4.31 Å². The fourth-order valence-corrected chi connectivity index (χ4v) is 5.25. The van der Waals surface area contributed by atoms with Crippen LogP contribution in [0.5, 0.6) is 17.2 Å². The molecular formula is C24H31BrN4O6S. The van der Waals surface area contributed by atoms with E-state index in [0.717, 1.165) is 6.42 Å². The molecule has 3 aromatic rings. The van der Waals surface area contributed by atoms with Crippen molar-refractivity contribution in [3.63, 3.8) is 0 Å². The minimum Gasteiger partial charge on any atom is -0.496 e. The van der Waals surface area contributed by atoms with Crippen molar-refractivity contribution >= 4 is 36.9 Å². The van der Waals surface area contributed by atoms with Crippen molar-refractivity contribution in [3.8, 4) is 28.6 Å². The SMILES string of the molecule is CCCOc1ccc(S(=O)(=O)N(C)CCN(C)C)cc1-c1nc2c(Br)c(OC)cc(OC)c2c(=O)[nH]1. The Balaban J connectivity index is 2.24. The summed E-state index contributed by atoms with van der Waals surface area (Å²) in [5, 5.41) is 0.233. The van der Waals surface area contributed by atoms with Crippen molar-refractivity contribution in [2.75, 3.05) is 55.1 Å². The molecule has 0 radical (unpaired) electrons. The third-order valence-electron chi connectivity index (χ3n) is 5.53. The maximum atomic E-state index is 13.3. The standard InChI is InChI=1S/C24H31BrN4O6S/c1-7-12-35-17-9-8-15(36(31,32)29(4)11-10-28(2)3)13-16(17)23-26-22-20(24(30)27-23)18(33-5)14-19(34-6)21(22)25/h8-9,13-14H,7,10-12H2,1-6H3,(H,26,27,30). The highest BCUT2D eigenvalue weighted by molar-refractivity contribution is 9.10. The van der Waals surface area contributed by atoms with Crippen molar-refractivity contribution in [1.29, 1.82) is 0 Å². The van der Waals surface area contributed by atoms with E-state index < -0.39 is 15.6 Å². The summed E-state index contributed by atoms with van der Waals surface area (Å²) in [7, 11) is 4.43. The van der Waals surface area contributed by atoms with Crippen LogP contribution in [0.2, 0.25) is 0 Å². The number of ether oxygens (including phenoxy) is 3. The fraction of sp³-hybridized carbons (Fsp3) is 0.417. The third-order valence-corrected chi connectivity index (χ3v) is 8.15. The second-order valence-electron chi connectivity index (χ2n) is 8.37. The molecular weight excluding hydrogens is 552 g/mol. The Labute approximate surface area is 219 Å². The molecule has 0 aliphatic heterocycles. The monoisotopic (exact) mass is 582 g/mol. The average Bonchev–Trinajstić information content (AvgIpc) is 2.86. The lowest BCUT2D eigenvalue weighted by Gasteiger charge is -2.20. The predicted octanol–water partition coefficient (Wildman–Crippen LogP) is 3.34. The molecule has 2 aromatic carbocycles. The Morgan fingerprint density at radius 2 is 1.72 bits per heavy atom. The first-order valence-electron chi connectivity index (χ1n) is 11.3. The Morgan fingerprint density at radius 1 is 1.03 bits per heavy atom. The van der Waals surface area contributed by atoms with Gasteiger partial charge < -0.3 is 24.1 Å². The topological polar surface area (TPSA) is 114 Å². The number of likely N-dealkylation sites (N-methyl/N-ethyl adjacent to an activating group) is 2. The van der Waals surface area contributed by atoms with Crippen molar-refractivity contribution in [2.45, 2.75) is 18.2 Å². The van der Waals surface area contributed by atoms with E-state index in [1.54, 1.807) is 12.1 Å². The maximum absolute atomic E-state index is 13.3. The van der Waals surface area contributed by atoms with E-state index in [1.165, 1.54) is 37.7 Å². The summed E-state index contributed by atoms with van der Waals surface area (Å²) >= 11 is 3.47. The smallest absolute Gasteiger partial charge is 0.262 e. The lowest BCUT2D eigenvalue weighted by atomic mass is 10.1. The van der Waals surface area contributed by atoms with E-state index >= 15 is 0 Å². The summed E-state index contributed by atoms with van der Waals surface area (Å²) < 4.78 is 45.0. The van der Waals surface area contributed by atoms with Crippen LogP contribution in [0.25, 0.3) is 22.3 Å². The molecule has 0 spiro atoms. The van der Waals surface area contributed by atoms with E-state index in [-0.39, 0.29) is 16.1 Å². The van der Waals surface area contributed by atoms with Crippen molar-refractivity contribution in [3.05, 3.63) is 39.1 Å². The largest absolute Gasteiger partial charge is 0.496 e. The van der Waals surface area contributed by atoms with Gasteiger partial charge in [0.25, 0.3) is 5.56 Å². The molecule has 10 nitrogen and oxygen atoms in total. The highest BCUT2D eigenvalue weighted by Crippen LogP contribution is 2.38. The van der Waals surface area contributed by atoms with E-state index in [9.17, 15) is 13.2 Å². The molecule has 1 heterocycles. The highest BCUT2D eigenvalue weighted by atomic mass is 79.9. The normalized spacial score (nSPS) is 11.9. The second-order valence-corrected chi connectivity index (χ2v) is 11.2. The lowest BCUT2D eigenvalue weighted by Crippen LogP contribution is -2.33. The molecule has 1 aromatic heterocycles. The third kappa shape index (κ3) is 5.66. The number of nitrogens with one attached hydrogen (secondary N) is 1. The number of H-pyrrole nitrogens is 1. The molecule has 36 heavy (non-hydrogen) atoms. The van der Waals surface area contributed by atoms with Gasteiger partial charge >= 0.3 is 0 Å². The number of benzene rings is 2. The van der Waals surface area contributed by atoms with Crippen LogP contribution in [-0.4, -0.2) is 82.6 Å². The molecule has 12 heteroatoms. The number of methoxy groups -OCH3 is 2. The van der Waals surface area contributed by atoms with Crippen LogP contribution in [0.15, 0.2) is 38.4 Å². The molecule has 196 valence electrons. The van der Waals surface area contributed by atoms with E-state index in [0.29, 0.717) is 52.5 Å². The predicted molar refractivity (Wildman–Crippen MR) is 143 cm³/mol. The Bertz CT molecular complexity index is 1410. The van der Waals surface area contributed by atoms with Crippen LogP contribution in [0.1, 0.15) is 13.3 Å². The molecule has 0 bridgehead atoms. The number of halogens is 1. The van der Waals surface area contributed by atoms with Crippen molar-refractivity contribution < 1.29 is 22.6 Å². The Kier molecular flexibility index (Phi) is 8.98. The number of aromatic amines is 1. The second kappa shape index (κ2) is 11.6. The van der Waals surface area contributed by atoms with E-state index in [2.05, 4.69) is 25.9 Å². The summed E-state index contributed by atoms with van der Waals surface area (Å²) in [4.78, 5) is 22.6. The number of hydrogen-bond acceptors (Lipinski definition) is 8. The van der Waals surface area contributed by atoms with Crippen LogP contribution in [0, 0.1) is 0 Å².